The standard InChI is InChI=1S/C18H20BrN3/c1-12-5-6-17-16(8-12)15(4-2-3-7-20)18(22-17)13-9-14(19)11-21-10-13/h5-6,8-11,22H,2-4,7,20H2,1H3. The van der Waals surface area contributed by atoms with E-state index in [0.29, 0.717) is 0 Å². The van der Waals surface area contributed by atoms with E-state index in [1.165, 1.54) is 27.7 Å². The molecule has 2 aromatic heterocycles. The first-order chi connectivity index (χ1) is 10.7. The van der Waals surface area contributed by atoms with Gasteiger partial charge >= 0.3 is 0 Å². The van der Waals surface area contributed by atoms with Gasteiger partial charge in [-0.3, -0.25) is 4.98 Å². The van der Waals surface area contributed by atoms with Crippen LogP contribution in [0.5, 0.6) is 0 Å². The van der Waals surface area contributed by atoms with Crippen molar-refractivity contribution in [3.05, 3.63) is 52.3 Å². The van der Waals surface area contributed by atoms with E-state index in [1.807, 2.05) is 12.4 Å². The smallest absolute Gasteiger partial charge is 0.0513 e. The number of pyridine rings is 1. The highest BCUT2D eigenvalue weighted by atomic mass is 79.9. The summed E-state index contributed by atoms with van der Waals surface area (Å²) in [6, 6.07) is 8.67. The van der Waals surface area contributed by atoms with Crippen molar-refractivity contribution in [3.63, 3.8) is 0 Å². The lowest BCUT2D eigenvalue weighted by molar-refractivity contribution is 0.748. The molecule has 0 fully saturated rings. The van der Waals surface area contributed by atoms with Crippen molar-refractivity contribution in [3.8, 4) is 11.3 Å². The Hall–Kier alpha value is -1.65. The van der Waals surface area contributed by atoms with E-state index in [9.17, 15) is 0 Å². The molecule has 2 heterocycles. The summed E-state index contributed by atoms with van der Waals surface area (Å²) in [6.45, 7) is 2.88. The van der Waals surface area contributed by atoms with Crippen molar-refractivity contribution in [2.75, 3.05) is 6.54 Å². The number of benzene rings is 1. The van der Waals surface area contributed by atoms with Crippen molar-refractivity contribution >= 4 is 26.8 Å². The Kier molecular flexibility index (Phi) is 4.60. The fourth-order valence-corrected chi connectivity index (χ4v) is 3.23. The van der Waals surface area contributed by atoms with Crippen molar-refractivity contribution in [2.24, 2.45) is 5.73 Å². The minimum atomic E-state index is 0.745. The number of aromatic amines is 1. The van der Waals surface area contributed by atoms with Crippen LogP contribution >= 0.6 is 15.9 Å². The molecule has 3 aromatic rings. The van der Waals surface area contributed by atoms with Crippen LogP contribution in [0.1, 0.15) is 24.0 Å². The summed E-state index contributed by atoms with van der Waals surface area (Å²) in [5, 5.41) is 1.31. The number of H-pyrrole nitrogens is 1. The number of halogens is 1. The molecule has 1 aromatic carbocycles. The first kappa shape index (κ1) is 15.3. The SMILES string of the molecule is Cc1ccc2[nH]c(-c3cncc(Br)c3)c(CCCCN)c2c1. The van der Waals surface area contributed by atoms with Gasteiger partial charge in [0, 0.05) is 33.3 Å². The lowest BCUT2D eigenvalue weighted by Crippen LogP contribution is -1.99. The molecule has 0 aliphatic rings. The average Bonchev–Trinajstić information content (AvgIpc) is 2.86. The topological polar surface area (TPSA) is 54.7 Å². The number of aromatic nitrogens is 2. The third kappa shape index (κ3) is 3.08. The molecule has 0 bridgehead atoms. The average molecular weight is 358 g/mol. The van der Waals surface area contributed by atoms with Gasteiger partial charge in [0.25, 0.3) is 0 Å². The lowest BCUT2D eigenvalue weighted by atomic mass is 10.0. The third-order valence-electron chi connectivity index (χ3n) is 3.94. The van der Waals surface area contributed by atoms with E-state index >= 15 is 0 Å². The molecule has 3 rings (SSSR count). The Labute approximate surface area is 139 Å². The van der Waals surface area contributed by atoms with Crippen LogP contribution in [0.15, 0.2) is 41.1 Å². The Bertz CT molecular complexity index is 792. The second kappa shape index (κ2) is 6.63. The number of nitrogens with two attached hydrogens (primary N) is 1. The molecular weight excluding hydrogens is 338 g/mol. The van der Waals surface area contributed by atoms with Crippen LogP contribution in [0.25, 0.3) is 22.2 Å². The highest BCUT2D eigenvalue weighted by Gasteiger charge is 2.13. The fraction of sp³-hybridized carbons (Fsp3) is 0.278. The molecule has 0 aliphatic carbocycles. The van der Waals surface area contributed by atoms with Gasteiger partial charge in [-0.25, -0.2) is 0 Å². The molecule has 22 heavy (non-hydrogen) atoms. The molecule has 0 aliphatic heterocycles. The van der Waals surface area contributed by atoms with Gasteiger partial charge in [-0.2, -0.15) is 0 Å². The second-order valence-electron chi connectivity index (χ2n) is 5.67. The highest BCUT2D eigenvalue weighted by Crippen LogP contribution is 2.32. The van der Waals surface area contributed by atoms with Crippen LogP contribution in [0.4, 0.5) is 0 Å². The van der Waals surface area contributed by atoms with E-state index < -0.39 is 0 Å². The van der Waals surface area contributed by atoms with Gasteiger partial charge in [0.05, 0.1) is 5.69 Å². The van der Waals surface area contributed by atoms with E-state index in [-0.39, 0.29) is 0 Å². The molecule has 0 spiro atoms. The van der Waals surface area contributed by atoms with Gasteiger partial charge in [0.15, 0.2) is 0 Å². The molecule has 0 amide bonds. The van der Waals surface area contributed by atoms with Crippen LogP contribution in [-0.2, 0) is 6.42 Å². The maximum Gasteiger partial charge on any atom is 0.0513 e. The number of fused-ring (bicyclic) bond motifs is 1. The Morgan fingerprint density at radius 2 is 2.05 bits per heavy atom. The second-order valence-corrected chi connectivity index (χ2v) is 6.58. The minimum Gasteiger partial charge on any atom is -0.354 e. The van der Waals surface area contributed by atoms with Crippen molar-refractivity contribution in [2.45, 2.75) is 26.2 Å². The summed E-state index contributed by atoms with van der Waals surface area (Å²) in [5.41, 5.74) is 11.8. The predicted octanol–water partition coefficient (Wildman–Crippen LogP) is 4.58. The maximum absolute atomic E-state index is 5.65. The lowest BCUT2D eigenvalue weighted by Gasteiger charge is -2.05. The quantitative estimate of drug-likeness (QED) is 0.656. The van der Waals surface area contributed by atoms with Crippen LogP contribution in [-0.4, -0.2) is 16.5 Å². The molecule has 4 heteroatoms. The molecular formula is C18H20BrN3. The summed E-state index contributed by atoms with van der Waals surface area (Å²) < 4.78 is 0.993. The van der Waals surface area contributed by atoms with Crippen LogP contribution in [0.2, 0.25) is 0 Å². The van der Waals surface area contributed by atoms with Crippen LogP contribution in [0, 0.1) is 6.92 Å². The number of unbranched alkanes of at least 4 members (excludes halogenated alkanes) is 1. The number of hydrogen-bond acceptors (Lipinski definition) is 2. The Morgan fingerprint density at radius 1 is 1.18 bits per heavy atom. The van der Waals surface area contributed by atoms with E-state index in [2.05, 4.69) is 57.1 Å². The van der Waals surface area contributed by atoms with Crippen LogP contribution in [0.3, 0.4) is 0 Å². The molecule has 0 saturated carbocycles. The van der Waals surface area contributed by atoms with Crippen molar-refractivity contribution in [1.29, 1.82) is 0 Å². The zero-order valence-corrected chi connectivity index (χ0v) is 14.3. The van der Waals surface area contributed by atoms with Gasteiger partial charge in [-0.15, -0.1) is 0 Å². The van der Waals surface area contributed by atoms with E-state index in [1.54, 1.807) is 0 Å². The molecule has 0 radical (unpaired) electrons. The molecule has 0 atom stereocenters. The van der Waals surface area contributed by atoms with E-state index in [0.717, 1.165) is 35.8 Å². The molecule has 114 valence electrons. The molecule has 0 saturated heterocycles. The molecule has 3 nitrogen and oxygen atoms in total. The van der Waals surface area contributed by atoms with Gasteiger partial charge < -0.3 is 10.7 Å². The van der Waals surface area contributed by atoms with Crippen LogP contribution < -0.4 is 5.73 Å². The maximum atomic E-state index is 5.65. The van der Waals surface area contributed by atoms with Gasteiger partial charge in [-0.05, 0) is 72.4 Å². The number of nitrogens with zero attached hydrogens (tertiary/aromatic N) is 1. The number of rotatable bonds is 5. The monoisotopic (exact) mass is 357 g/mol. The summed E-state index contributed by atoms with van der Waals surface area (Å²) in [7, 11) is 0. The summed E-state index contributed by atoms with van der Waals surface area (Å²) in [5.74, 6) is 0. The highest BCUT2D eigenvalue weighted by molar-refractivity contribution is 9.10. The first-order valence-electron chi connectivity index (χ1n) is 7.61. The number of aryl methyl sites for hydroxylation is 2. The summed E-state index contributed by atoms with van der Waals surface area (Å²) >= 11 is 3.51. The minimum absolute atomic E-state index is 0.745. The Balaban J connectivity index is 2.13. The number of nitrogens with one attached hydrogen (secondary N) is 1. The van der Waals surface area contributed by atoms with Gasteiger partial charge in [-0.1, -0.05) is 11.6 Å². The van der Waals surface area contributed by atoms with E-state index in [4.69, 9.17) is 5.73 Å². The number of hydrogen-bond donors (Lipinski definition) is 2. The first-order valence-corrected chi connectivity index (χ1v) is 8.40. The molecule has 0 unspecified atom stereocenters. The largest absolute Gasteiger partial charge is 0.354 e. The summed E-state index contributed by atoms with van der Waals surface area (Å²) in [4.78, 5) is 7.87. The van der Waals surface area contributed by atoms with Gasteiger partial charge in [0.2, 0.25) is 0 Å². The third-order valence-corrected chi connectivity index (χ3v) is 4.37. The normalized spacial score (nSPS) is 11.2. The zero-order chi connectivity index (χ0) is 15.5. The predicted molar refractivity (Wildman–Crippen MR) is 96.0 cm³/mol. The Morgan fingerprint density at radius 3 is 2.82 bits per heavy atom. The zero-order valence-electron chi connectivity index (χ0n) is 12.7. The van der Waals surface area contributed by atoms with Crippen molar-refractivity contribution in [1.82, 2.24) is 9.97 Å². The van der Waals surface area contributed by atoms with Gasteiger partial charge in [0.1, 0.15) is 0 Å². The van der Waals surface area contributed by atoms with Crippen molar-refractivity contribution < 1.29 is 0 Å². The fourth-order valence-electron chi connectivity index (χ4n) is 2.86. The molecule has 3 N–H and O–H groups in total. The summed E-state index contributed by atoms with van der Waals surface area (Å²) in [6.07, 6.45) is 6.90.